The Kier molecular flexibility index (Phi) is 4.68. The molecule has 1 amide bonds. The number of benzene rings is 1. The zero-order valence-corrected chi connectivity index (χ0v) is 11.2. The molecule has 2 rings (SSSR count). The van der Waals surface area contributed by atoms with Crippen molar-refractivity contribution in [3.63, 3.8) is 0 Å². The highest BCUT2D eigenvalue weighted by Gasteiger charge is 2.29. The lowest BCUT2D eigenvalue weighted by Gasteiger charge is -2.28. The summed E-state index contributed by atoms with van der Waals surface area (Å²) in [6.07, 6.45) is 4.26. The third kappa shape index (κ3) is 3.41. The molecule has 4 heteroatoms. The van der Waals surface area contributed by atoms with Gasteiger partial charge in [-0.3, -0.25) is 4.79 Å². The van der Waals surface area contributed by atoms with E-state index in [0.29, 0.717) is 12.8 Å². The lowest BCUT2D eigenvalue weighted by atomic mass is 9.86. The molecule has 0 heterocycles. The molecule has 1 aromatic rings. The van der Waals surface area contributed by atoms with Gasteiger partial charge in [-0.1, -0.05) is 18.2 Å². The molecule has 0 unspecified atom stereocenters. The molecule has 0 aromatic heterocycles. The lowest BCUT2D eigenvalue weighted by Crippen LogP contribution is -2.35. The Morgan fingerprint density at radius 2 is 1.89 bits per heavy atom. The van der Waals surface area contributed by atoms with E-state index < -0.39 is 0 Å². The molecular formula is C15H20N2O2. The van der Waals surface area contributed by atoms with Crippen LogP contribution in [0, 0.1) is 5.92 Å². The van der Waals surface area contributed by atoms with Gasteiger partial charge in [0.1, 0.15) is 0 Å². The van der Waals surface area contributed by atoms with Crippen LogP contribution in [0.15, 0.2) is 35.4 Å². The van der Waals surface area contributed by atoms with E-state index in [9.17, 15) is 9.90 Å². The summed E-state index contributed by atoms with van der Waals surface area (Å²) < 4.78 is 0. The second-order valence-electron chi connectivity index (χ2n) is 4.86. The molecule has 0 aliphatic heterocycles. The second-order valence-corrected chi connectivity index (χ2v) is 4.86. The number of rotatable bonds is 3. The Balaban J connectivity index is 2.13. The van der Waals surface area contributed by atoms with Gasteiger partial charge in [0, 0.05) is 12.1 Å². The lowest BCUT2D eigenvalue weighted by molar-refractivity contribution is -0.123. The van der Waals surface area contributed by atoms with Gasteiger partial charge in [-0.05, 0) is 44.7 Å². The zero-order valence-electron chi connectivity index (χ0n) is 11.2. The quantitative estimate of drug-likeness (QED) is 0.671. The number of aliphatic hydroxyl groups excluding tert-OH is 1. The van der Waals surface area contributed by atoms with Crippen LogP contribution in [0.4, 0.5) is 5.69 Å². The Morgan fingerprint density at radius 3 is 2.47 bits per heavy atom. The van der Waals surface area contributed by atoms with E-state index in [4.69, 9.17) is 0 Å². The van der Waals surface area contributed by atoms with Gasteiger partial charge in [-0.2, -0.15) is 5.10 Å². The number of para-hydroxylation sites is 1. The Hall–Kier alpha value is -1.68. The Morgan fingerprint density at radius 1 is 1.26 bits per heavy atom. The summed E-state index contributed by atoms with van der Waals surface area (Å²) in [6.45, 7) is 1.80. The smallest absolute Gasteiger partial charge is 0.250 e. The first-order valence-electron chi connectivity index (χ1n) is 6.78. The van der Waals surface area contributed by atoms with Gasteiger partial charge in [0.25, 0.3) is 0 Å². The number of nitrogens with zero attached hydrogens (tertiary/aromatic N) is 2. The maximum Gasteiger partial charge on any atom is 0.250 e. The maximum absolute atomic E-state index is 12.5. The van der Waals surface area contributed by atoms with Crippen molar-refractivity contribution in [3.8, 4) is 0 Å². The van der Waals surface area contributed by atoms with Crippen LogP contribution in [0.3, 0.4) is 0 Å². The van der Waals surface area contributed by atoms with Crippen LogP contribution in [0.5, 0.6) is 0 Å². The summed E-state index contributed by atoms with van der Waals surface area (Å²) in [5.41, 5.74) is 0.789. The van der Waals surface area contributed by atoms with Crippen molar-refractivity contribution < 1.29 is 9.90 Å². The minimum Gasteiger partial charge on any atom is -0.393 e. The molecule has 19 heavy (non-hydrogen) atoms. The van der Waals surface area contributed by atoms with Crippen LogP contribution < -0.4 is 5.01 Å². The number of hydrazone groups is 1. The molecule has 1 fully saturated rings. The maximum atomic E-state index is 12.5. The first-order valence-corrected chi connectivity index (χ1v) is 6.78. The highest BCUT2D eigenvalue weighted by molar-refractivity contribution is 5.95. The van der Waals surface area contributed by atoms with Crippen LogP contribution in [-0.4, -0.2) is 23.3 Å². The number of anilines is 1. The number of hydrogen-bond acceptors (Lipinski definition) is 3. The summed E-state index contributed by atoms with van der Waals surface area (Å²) in [4.78, 5) is 12.5. The van der Waals surface area contributed by atoms with Gasteiger partial charge in [-0.25, -0.2) is 5.01 Å². The van der Waals surface area contributed by atoms with Crippen LogP contribution >= 0.6 is 0 Å². The standard InChI is InChI=1S/C15H20N2O2/c1-2-16-17(13-6-4-3-5-7-13)15(19)12-8-10-14(18)11-9-12/h2-7,12,14,18H,8-11H2,1H3/b16-2+. The third-order valence-electron chi connectivity index (χ3n) is 3.49. The monoisotopic (exact) mass is 260 g/mol. The van der Waals surface area contributed by atoms with Crippen molar-refractivity contribution in [1.82, 2.24) is 0 Å². The number of amides is 1. The summed E-state index contributed by atoms with van der Waals surface area (Å²) in [6, 6.07) is 9.46. The predicted molar refractivity (Wildman–Crippen MR) is 76.1 cm³/mol. The van der Waals surface area contributed by atoms with Gasteiger partial charge in [0.2, 0.25) is 5.91 Å². The third-order valence-corrected chi connectivity index (χ3v) is 3.49. The first-order chi connectivity index (χ1) is 9.22. The van der Waals surface area contributed by atoms with Gasteiger partial charge < -0.3 is 5.11 Å². The largest absolute Gasteiger partial charge is 0.393 e. The number of hydrogen-bond donors (Lipinski definition) is 1. The molecule has 0 spiro atoms. The fourth-order valence-corrected chi connectivity index (χ4v) is 2.43. The molecule has 0 saturated heterocycles. The highest BCUT2D eigenvalue weighted by atomic mass is 16.3. The van der Waals surface area contributed by atoms with E-state index in [-0.39, 0.29) is 17.9 Å². The van der Waals surface area contributed by atoms with Crippen LogP contribution in [0.25, 0.3) is 0 Å². The van der Waals surface area contributed by atoms with Crippen LogP contribution in [-0.2, 0) is 4.79 Å². The van der Waals surface area contributed by atoms with Crippen molar-refractivity contribution in [2.45, 2.75) is 38.7 Å². The van der Waals surface area contributed by atoms with Crippen molar-refractivity contribution >= 4 is 17.8 Å². The average Bonchev–Trinajstić information content (AvgIpc) is 2.46. The molecule has 4 nitrogen and oxygen atoms in total. The van der Waals surface area contributed by atoms with Gasteiger partial charge in [0.05, 0.1) is 11.8 Å². The molecule has 0 atom stereocenters. The van der Waals surface area contributed by atoms with Gasteiger partial charge in [-0.15, -0.1) is 0 Å². The van der Waals surface area contributed by atoms with E-state index in [1.54, 1.807) is 13.1 Å². The molecule has 1 N–H and O–H groups in total. The zero-order chi connectivity index (χ0) is 13.7. The van der Waals surface area contributed by atoms with E-state index in [1.165, 1.54) is 5.01 Å². The van der Waals surface area contributed by atoms with Crippen molar-refractivity contribution in [1.29, 1.82) is 0 Å². The number of aliphatic hydroxyl groups is 1. The molecule has 1 aliphatic rings. The van der Waals surface area contributed by atoms with Crippen molar-refractivity contribution in [3.05, 3.63) is 30.3 Å². The van der Waals surface area contributed by atoms with E-state index in [0.717, 1.165) is 18.5 Å². The average molecular weight is 260 g/mol. The molecule has 1 saturated carbocycles. The Bertz CT molecular complexity index is 437. The summed E-state index contributed by atoms with van der Waals surface area (Å²) in [5, 5.41) is 15.2. The predicted octanol–water partition coefficient (Wildman–Crippen LogP) is 2.58. The highest BCUT2D eigenvalue weighted by Crippen LogP contribution is 2.28. The van der Waals surface area contributed by atoms with E-state index >= 15 is 0 Å². The molecule has 102 valence electrons. The summed E-state index contributed by atoms with van der Waals surface area (Å²) in [5.74, 6) is -0.0106. The minimum absolute atomic E-state index is 0.0243. The topological polar surface area (TPSA) is 52.9 Å². The number of carbonyl (C=O) groups excluding carboxylic acids is 1. The SMILES string of the molecule is C/C=N/N(C(=O)C1CCC(O)CC1)c1ccccc1. The van der Waals surface area contributed by atoms with Gasteiger partial charge in [0.15, 0.2) is 0 Å². The first kappa shape index (κ1) is 13.7. The normalized spacial score (nSPS) is 23.5. The number of carbonyl (C=O) groups is 1. The molecule has 0 radical (unpaired) electrons. The van der Waals surface area contributed by atoms with Crippen molar-refractivity contribution in [2.24, 2.45) is 11.0 Å². The minimum atomic E-state index is -0.246. The molecule has 0 bridgehead atoms. The summed E-state index contributed by atoms with van der Waals surface area (Å²) in [7, 11) is 0. The molecular weight excluding hydrogens is 240 g/mol. The van der Waals surface area contributed by atoms with Gasteiger partial charge >= 0.3 is 0 Å². The van der Waals surface area contributed by atoms with Crippen LogP contribution in [0.2, 0.25) is 0 Å². The van der Waals surface area contributed by atoms with E-state index in [1.807, 2.05) is 30.3 Å². The van der Waals surface area contributed by atoms with Crippen molar-refractivity contribution in [2.75, 3.05) is 5.01 Å². The van der Waals surface area contributed by atoms with Crippen LogP contribution in [0.1, 0.15) is 32.6 Å². The second kappa shape index (κ2) is 6.48. The summed E-state index contributed by atoms with van der Waals surface area (Å²) >= 11 is 0. The molecule has 1 aliphatic carbocycles. The Labute approximate surface area is 113 Å². The fraction of sp³-hybridized carbons (Fsp3) is 0.467. The fourth-order valence-electron chi connectivity index (χ4n) is 2.43. The van der Waals surface area contributed by atoms with E-state index in [2.05, 4.69) is 5.10 Å². The molecule has 1 aromatic carbocycles.